The van der Waals surface area contributed by atoms with Gasteiger partial charge >= 0.3 is 0 Å². The Balaban J connectivity index is 1.12. The van der Waals surface area contributed by atoms with Crippen LogP contribution >= 0.6 is 0 Å². The Hall–Kier alpha value is -4.85. The number of fused-ring (bicyclic) bond motifs is 1. The highest BCUT2D eigenvalue weighted by Crippen LogP contribution is 2.16. The number of aryl methyl sites for hydroxylation is 1. The Morgan fingerprint density at radius 1 is 0.919 bits per heavy atom. The summed E-state index contributed by atoms with van der Waals surface area (Å²) in [4.78, 5) is 29.7. The van der Waals surface area contributed by atoms with E-state index in [1.807, 2.05) is 41.9 Å². The maximum absolute atomic E-state index is 12.6. The number of aromatic nitrogens is 2. The summed E-state index contributed by atoms with van der Waals surface area (Å²) in [6.07, 6.45) is 5.47. The average molecular weight is 495 g/mol. The summed E-state index contributed by atoms with van der Waals surface area (Å²) in [6.45, 7) is 2.96. The van der Waals surface area contributed by atoms with E-state index < -0.39 is 0 Å². The lowest BCUT2D eigenvalue weighted by Crippen LogP contribution is -2.24. The molecule has 2 N–H and O–H groups in total. The SMILES string of the molecule is Cc1cccn2cc(COc3ccc(C(=O)NCc4cccc(C(=O)NCc5ccco5)c4)cc3)nc12. The zero-order valence-electron chi connectivity index (χ0n) is 20.3. The molecular formula is C29H26N4O4. The van der Waals surface area contributed by atoms with Gasteiger partial charge in [0.25, 0.3) is 11.8 Å². The summed E-state index contributed by atoms with van der Waals surface area (Å²) in [6, 6.07) is 21.7. The zero-order chi connectivity index (χ0) is 25.6. The molecule has 37 heavy (non-hydrogen) atoms. The van der Waals surface area contributed by atoms with E-state index in [9.17, 15) is 9.59 Å². The molecule has 0 spiro atoms. The third-order valence-corrected chi connectivity index (χ3v) is 5.88. The number of amides is 2. The first-order chi connectivity index (χ1) is 18.0. The van der Waals surface area contributed by atoms with Gasteiger partial charge in [-0.15, -0.1) is 0 Å². The average Bonchev–Trinajstić information content (AvgIpc) is 3.60. The lowest BCUT2D eigenvalue weighted by atomic mass is 10.1. The Bertz CT molecular complexity index is 1520. The van der Waals surface area contributed by atoms with Crippen LogP contribution in [0.15, 0.2) is 95.9 Å². The van der Waals surface area contributed by atoms with Crippen LogP contribution in [-0.2, 0) is 19.7 Å². The van der Waals surface area contributed by atoms with Crippen molar-refractivity contribution in [2.24, 2.45) is 0 Å². The van der Waals surface area contributed by atoms with Gasteiger partial charge in [-0.3, -0.25) is 9.59 Å². The van der Waals surface area contributed by atoms with Crippen LogP contribution in [0.25, 0.3) is 5.65 Å². The van der Waals surface area contributed by atoms with Crippen LogP contribution in [0.1, 0.15) is 43.3 Å². The number of imidazole rings is 1. The van der Waals surface area contributed by atoms with Crippen LogP contribution in [0.3, 0.4) is 0 Å². The maximum atomic E-state index is 12.6. The smallest absolute Gasteiger partial charge is 0.251 e. The van der Waals surface area contributed by atoms with E-state index in [0.29, 0.717) is 42.3 Å². The molecule has 2 aromatic carbocycles. The summed E-state index contributed by atoms with van der Waals surface area (Å²) in [5.74, 6) is 0.908. The predicted molar refractivity (Wildman–Crippen MR) is 138 cm³/mol. The first-order valence-electron chi connectivity index (χ1n) is 11.9. The van der Waals surface area contributed by atoms with Crippen molar-refractivity contribution in [2.45, 2.75) is 26.6 Å². The third kappa shape index (κ3) is 5.87. The molecule has 5 aromatic rings. The van der Waals surface area contributed by atoms with Crippen LogP contribution < -0.4 is 15.4 Å². The van der Waals surface area contributed by atoms with Gasteiger partial charge in [-0.1, -0.05) is 18.2 Å². The zero-order valence-corrected chi connectivity index (χ0v) is 20.3. The Labute approximate surface area is 213 Å². The van der Waals surface area contributed by atoms with Crippen LogP contribution in [-0.4, -0.2) is 21.2 Å². The number of furan rings is 1. The normalized spacial score (nSPS) is 10.8. The standard InChI is InChI=1S/C29H26N4O4/c1-20-5-3-13-33-18-24(32-27(20)33)19-37-25-11-9-22(10-12-25)28(34)30-16-21-6-2-7-23(15-21)29(35)31-17-26-8-4-14-36-26/h2-15,18H,16-17,19H2,1H3,(H,30,34)(H,31,35). The van der Waals surface area contributed by atoms with E-state index >= 15 is 0 Å². The van der Waals surface area contributed by atoms with Gasteiger partial charge in [0.1, 0.15) is 23.8 Å². The van der Waals surface area contributed by atoms with Crippen LogP contribution in [0, 0.1) is 6.92 Å². The molecule has 0 atom stereocenters. The molecule has 8 heteroatoms. The molecule has 0 aliphatic rings. The van der Waals surface area contributed by atoms with E-state index in [2.05, 4.69) is 15.6 Å². The van der Waals surface area contributed by atoms with Gasteiger partial charge in [0.15, 0.2) is 0 Å². The van der Waals surface area contributed by atoms with Crippen molar-refractivity contribution in [3.63, 3.8) is 0 Å². The molecule has 3 heterocycles. The van der Waals surface area contributed by atoms with Gasteiger partial charge in [0.2, 0.25) is 0 Å². The lowest BCUT2D eigenvalue weighted by Gasteiger charge is -2.09. The molecule has 2 amide bonds. The summed E-state index contributed by atoms with van der Waals surface area (Å²) in [7, 11) is 0. The number of hydrogen-bond donors (Lipinski definition) is 2. The minimum absolute atomic E-state index is 0.209. The summed E-state index contributed by atoms with van der Waals surface area (Å²) in [5.41, 5.74) is 4.69. The molecule has 0 saturated carbocycles. The highest BCUT2D eigenvalue weighted by molar-refractivity contribution is 5.95. The highest BCUT2D eigenvalue weighted by atomic mass is 16.5. The Kier molecular flexibility index (Phi) is 6.98. The topological polar surface area (TPSA) is 97.9 Å². The van der Waals surface area contributed by atoms with Gasteiger partial charge in [-0.25, -0.2) is 4.98 Å². The van der Waals surface area contributed by atoms with Crippen molar-refractivity contribution in [3.05, 3.63) is 125 Å². The van der Waals surface area contributed by atoms with Gasteiger partial charge in [-0.2, -0.15) is 0 Å². The lowest BCUT2D eigenvalue weighted by molar-refractivity contribution is 0.0943. The summed E-state index contributed by atoms with van der Waals surface area (Å²) < 4.78 is 13.1. The monoisotopic (exact) mass is 494 g/mol. The molecule has 0 unspecified atom stereocenters. The molecule has 3 aromatic heterocycles. The van der Waals surface area contributed by atoms with Gasteiger partial charge < -0.3 is 24.2 Å². The minimum Gasteiger partial charge on any atom is -0.487 e. The van der Waals surface area contributed by atoms with Crippen LogP contribution in [0.2, 0.25) is 0 Å². The fraction of sp³-hybridized carbons (Fsp3) is 0.138. The molecular weight excluding hydrogens is 468 g/mol. The molecule has 0 fully saturated rings. The van der Waals surface area contributed by atoms with Crippen molar-refractivity contribution in [1.82, 2.24) is 20.0 Å². The van der Waals surface area contributed by atoms with Gasteiger partial charge in [0, 0.05) is 30.1 Å². The van der Waals surface area contributed by atoms with E-state index in [-0.39, 0.29) is 11.8 Å². The highest BCUT2D eigenvalue weighted by Gasteiger charge is 2.10. The molecule has 186 valence electrons. The van der Waals surface area contributed by atoms with Crippen molar-refractivity contribution in [1.29, 1.82) is 0 Å². The summed E-state index contributed by atoms with van der Waals surface area (Å²) >= 11 is 0. The Morgan fingerprint density at radius 3 is 2.51 bits per heavy atom. The molecule has 0 aliphatic carbocycles. The van der Waals surface area contributed by atoms with Crippen molar-refractivity contribution >= 4 is 17.5 Å². The number of nitrogens with one attached hydrogen (secondary N) is 2. The van der Waals surface area contributed by atoms with Gasteiger partial charge in [-0.05, 0) is 72.6 Å². The number of benzene rings is 2. The first kappa shape index (κ1) is 23.9. The largest absolute Gasteiger partial charge is 0.487 e. The number of nitrogens with zero attached hydrogens (tertiary/aromatic N) is 2. The Morgan fingerprint density at radius 2 is 1.73 bits per heavy atom. The number of carbonyl (C=O) groups excluding carboxylic acids is 2. The molecule has 0 radical (unpaired) electrons. The van der Waals surface area contributed by atoms with E-state index in [4.69, 9.17) is 9.15 Å². The molecule has 5 rings (SSSR count). The third-order valence-electron chi connectivity index (χ3n) is 5.88. The number of rotatable bonds is 9. The number of carbonyl (C=O) groups is 2. The first-order valence-corrected chi connectivity index (χ1v) is 11.9. The van der Waals surface area contributed by atoms with Gasteiger partial charge in [0.05, 0.1) is 18.5 Å². The second kappa shape index (κ2) is 10.8. The number of pyridine rings is 1. The van der Waals surface area contributed by atoms with Crippen molar-refractivity contribution in [3.8, 4) is 5.75 Å². The quantitative estimate of drug-likeness (QED) is 0.310. The van der Waals surface area contributed by atoms with E-state index in [1.165, 1.54) is 0 Å². The van der Waals surface area contributed by atoms with Crippen LogP contribution in [0.4, 0.5) is 0 Å². The van der Waals surface area contributed by atoms with E-state index in [1.54, 1.807) is 60.9 Å². The second-order valence-corrected chi connectivity index (χ2v) is 8.61. The maximum Gasteiger partial charge on any atom is 0.251 e. The van der Waals surface area contributed by atoms with Crippen LogP contribution in [0.5, 0.6) is 5.75 Å². The molecule has 8 nitrogen and oxygen atoms in total. The number of hydrogen-bond acceptors (Lipinski definition) is 5. The fourth-order valence-corrected chi connectivity index (χ4v) is 3.92. The van der Waals surface area contributed by atoms with E-state index in [0.717, 1.165) is 22.5 Å². The molecule has 0 aliphatic heterocycles. The molecule has 0 bridgehead atoms. The van der Waals surface area contributed by atoms with Crippen molar-refractivity contribution in [2.75, 3.05) is 0 Å². The predicted octanol–water partition coefficient (Wildman–Crippen LogP) is 4.67. The fourth-order valence-electron chi connectivity index (χ4n) is 3.92. The van der Waals surface area contributed by atoms with Crippen molar-refractivity contribution < 1.29 is 18.7 Å². The summed E-state index contributed by atoms with van der Waals surface area (Å²) in [5, 5.41) is 5.71. The second-order valence-electron chi connectivity index (χ2n) is 8.61. The number of ether oxygens (including phenoxy) is 1. The minimum atomic E-state index is -0.213. The molecule has 0 saturated heterocycles.